The minimum Gasteiger partial charge on any atom is -0.383 e. The molecule has 0 spiro atoms. The number of carbonyl (C=O) groups is 1. The number of nitrogens with zero attached hydrogens (tertiary/aromatic N) is 3. The van der Waals surface area contributed by atoms with E-state index < -0.39 is 0 Å². The molecule has 6 heteroatoms. The average molecular weight is 342 g/mol. The number of hydrogen-bond donors (Lipinski definition) is 0. The number of amides is 1. The third-order valence-electron chi connectivity index (χ3n) is 3.42. The SMILES string of the molecule is COCCN1CCCN(C(=O)c2cccc(Br)n2)CC1. The lowest BCUT2D eigenvalue weighted by Gasteiger charge is -2.21. The quantitative estimate of drug-likeness (QED) is 0.781. The molecule has 0 N–H and O–H groups in total. The van der Waals surface area contributed by atoms with Crippen LogP contribution in [0.4, 0.5) is 0 Å². The van der Waals surface area contributed by atoms with Crippen molar-refractivity contribution in [1.82, 2.24) is 14.8 Å². The Morgan fingerprint density at radius 3 is 2.95 bits per heavy atom. The Bertz CT molecular complexity index is 456. The van der Waals surface area contributed by atoms with Crippen LogP contribution in [-0.2, 0) is 4.74 Å². The maximum atomic E-state index is 12.4. The number of halogens is 1. The van der Waals surface area contributed by atoms with Crippen molar-refractivity contribution < 1.29 is 9.53 Å². The van der Waals surface area contributed by atoms with Crippen molar-refractivity contribution in [1.29, 1.82) is 0 Å². The summed E-state index contributed by atoms with van der Waals surface area (Å²) >= 11 is 3.30. The van der Waals surface area contributed by atoms with E-state index in [2.05, 4.69) is 25.8 Å². The van der Waals surface area contributed by atoms with Crippen LogP contribution in [-0.4, -0.2) is 67.1 Å². The molecular formula is C14H20BrN3O2. The summed E-state index contributed by atoms with van der Waals surface area (Å²) in [6, 6.07) is 5.43. The van der Waals surface area contributed by atoms with E-state index in [1.807, 2.05) is 17.0 Å². The molecule has 1 aromatic heterocycles. The van der Waals surface area contributed by atoms with Crippen LogP contribution in [0.15, 0.2) is 22.8 Å². The number of ether oxygens (including phenoxy) is 1. The second-order valence-corrected chi connectivity index (χ2v) is 5.64. The smallest absolute Gasteiger partial charge is 0.272 e. The number of hydrogen-bond acceptors (Lipinski definition) is 4. The van der Waals surface area contributed by atoms with Gasteiger partial charge in [0.15, 0.2) is 0 Å². The molecule has 1 amide bonds. The monoisotopic (exact) mass is 341 g/mol. The molecule has 0 atom stereocenters. The molecule has 1 fully saturated rings. The molecule has 0 aliphatic carbocycles. The van der Waals surface area contributed by atoms with Crippen LogP contribution in [0.1, 0.15) is 16.9 Å². The minimum atomic E-state index is 0.0138. The first-order valence-electron chi connectivity index (χ1n) is 6.84. The van der Waals surface area contributed by atoms with E-state index in [1.165, 1.54) is 0 Å². The largest absolute Gasteiger partial charge is 0.383 e. The number of methoxy groups -OCH3 is 1. The summed E-state index contributed by atoms with van der Waals surface area (Å²) in [7, 11) is 1.71. The Morgan fingerprint density at radius 2 is 2.20 bits per heavy atom. The van der Waals surface area contributed by atoms with Gasteiger partial charge in [-0.25, -0.2) is 4.98 Å². The molecule has 20 heavy (non-hydrogen) atoms. The Morgan fingerprint density at radius 1 is 1.35 bits per heavy atom. The van der Waals surface area contributed by atoms with Gasteiger partial charge >= 0.3 is 0 Å². The highest BCUT2D eigenvalue weighted by Crippen LogP contribution is 2.11. The zero-order valence-electron chi connectivity index (χ0n) is 11.7. The number of pyridine rings is 1. The first kappa shape index (κ1) is 15.4. The molecule has 2 heterocycles. The molecule has 110 valence electrons. The molecule has 5 nitrogen and oxygen atoms in total. The second kappa shape index (κ2) is 7.71. The summed E-state index contributed by atoms with van der Waals surface area (Å²) in [6.45, 7) is 5.10. The fraction of sp³-hybridized carbons (Fsp3) is 0.571. The minimum absolute atomic E-state index is 0.0138. The molecule has 0 unspecified atom stereocenters. The normalized spacial score (nSPS) is 17.0. The molecule has 0 radical (unpaired) electrons. The second-order valence-electron chi connectivity index (χ2n) is 4.83. The van der Waals surface area contributed by atoms with E-state index in [0.29, 0.717) is 10.3 Å². The van der Waals surface area contributed by atoms with Crippen molar-refractivity contribution in [2.24, 2.45) is 0 Å². The molecule has 0 bridgehead atoms. The lowest BCUT2D eigenvalue weighted by Crippen LogP contribution is -2.36. The topological polar surface area (TPSA) is 45.7 Å². The fourth-order valence-electron chi connectivity index (χ4n) is 2.31. The van der Waals surface area contributed by atoms with Crippen molar-refractivity contribution in [3.63, 3.8) is 0 Å². The molecule has 2 rings (SSSR count). The molecule has 1 saturated heterocycles. The number of carbonyl (C=O) groups excluding carboxylic acids is 1. The maximum Gasteiger partial charge on any atom is 0.272 e. The van der Waals surface area contributed by atoms with Gasteiger partial charge in [-0.1, -0.05) is 6.07 Å². The standard InChI is InChI=1S/C14H20BrN3O2/c1-20-11-10-17-6-3-7-18(9-8-17)14(19)12-4-2-5-13(15)16-12/h2,4-5H,3,6-11H2,1H3. The van der Waals surface area contributed by atoms with Gasteiger partial charge in [0.25, 0.3) is 5.91 Å². The molecule has 1 aliphatic heterocycles. The van der Waals surface area contributed by atoms with E-state index in [-0.39, 0.29) is 5.91 Å². The lowest BCUT2D eigenvalue weighted by molar-refractivity contribution is 0.0753. The highest BCUT2D eigenvalue weighted by atomic mass is 79.9. The van der Waals surface area contributed by atoms with Gasteiger partial charge in [-0.15, -0.1) is 0 Å². The first-order chi connectivity index (χ1) is 9.70. The molecule has 0 saturated carbocycles. The van der Waals surface area contributed by atoms with Crippen molar-refractivity contribution in [2.75, 3.05) is 46.4 Å². The summed E-state index contributed by atoms with van der Waals surface area (Å²) in [4.78, 5) is 20.9. The summed E-state index contributed by atoms with van der Waals surface area (Å²) in [6.07, 6.45) is 0.990. The van der Waals surface area contributed by atoms with Gasteiger partial charge in [0.05, 0.1) is 6.61 Å². The zero-order chi connectivity index (χ0) is 14.4. The molecule has 0 aromatic carbocycles. The highest BCUT2D eigenvalue weighted by molar-refractivity contribution is 9.10. The maximum absolute atomic E-state index is 12.4. The summed E-state index contributed by atoms with van der Waals surface area (Å²) in [5, 5.41) is 0. The highest BCUT2D eigenvalue weighted by Gasteiger charge is 2.21. The Labute approximate surface area is 128 Å². The summed E-state index contributed by atoms with van der Waals surface area (Å²) in [5.41, 5.74) is 0.504. The van der Waals surface area contributed by atoms with E-state index >= 15 is 0 Å². The Hall–Kier alpha value is -0.980. The van der Waals surface area contributed by atoms with E-state index in [0.717, 1.165) is 45.8 Å². The lowest BCUT2D eigenvalue weighted by atomic mass is 10.3. The molecule has 1 aliphatic rings. The third-order valence-corrected chi connectivity index (χ3v) is 3.86. The van der Waals surface area contributed by atoms with Gasteiger partial charge in [0.1, 0.15) is 10.3 Å². The first-order valence-corrected chi connectivity index (χ1v) is 7.63. The van der Waals surface area contributed by atoms with Crippen molar-refractivity contribution >= 4 is 21.8 Å². The van der Waals surface area contributed by atoms with Crippen LogP contribution in [0.5, 0.6) is 0 Å². The van der Waals surface area contributed by atoms with Crippen LogP contribution < -0.4 is 0 Å². The number of aromatic nitrogens is 1. The van der Waals surface area contributed by atoms with Crippen molar-refractivity contribution in [2.45, 2.75) is 6.42 Å². The molecule has 1 aromatic rings. The zero-order valence-corrected chi connectivity index (χ0v) is 13.3. The number of rotatable bonds is 4. The molecular weight excluding hydrogens is 322 g/mol. The Kier molecular flexibility index (Phi) is 5.94. The van der Waals surface area contributed by atoms with Gasteiger partial charge in [0, 0.05) is 33.3 Å². The van der Waals surface area contributed by atoms with Crippen molar-refractivity contribution in [3.8, 4) is 0 Å². The van der Waals surface area contributed by atoms with Gasteiger partial charge in [0.2, 0.25) is 0 Å². The predicted octanol–water partition coefficient (Wildman–Crippen LogP) is 1.64. The van der Waals surface area contributed by atoms with Crippen molar-refractivity contribution in [3.05, 3.63) is 28.5 Å². The van der Waals surface area contributed by atoms with Crippen LogP contribution in [0.2, 0.25) is 0 Å². The summed E-state index contributed by atoms with van der Waals surface area (Å²) < 4.78 is 5.80. The fourth-order valence-corrected chi connectivity index (χ4v) is 2.65. The summed E-state index contributed by atoms with van der Waals surface area (Å²) in [5.74, 6) is 0.0138. The van der Waals surface area contributed by atoms with Gasteiger partial charge in [-0.05, 0) is 41.0 Å². The predicted molar refractivity (Wildman–Crippen MR) is 80.8 cm³/mol. The van der Waals surface area contributed by atoms with E-state index in [1.54, 1.807) is 13.2 Å². The van der Waals surface area contributed by atoms with Crippen LogP contribution in [0, 0.1) is 0 Å². The van der Waals surface area contributed by atoms with E-state index in [4.69, 9.17) is 4.74 Å². The van der Waals surface area contributed by atoms with Gasteiger partial charge in [-0.3, -0.25) is 9.69 Å². The van der Waals surface area contributed by atoms with Gasteiger partial charge < -0.3 is 9.64 Å². The Balaban J connectivity index is 1.94. The van der Waals surface area contributed by atoms with Crippen LogP contribution >= 0.6 is 15.9 Å². The van der Waals surface area contributed by atoms with Crippen LogP contribution in [0.3, 0.4) is 0 Å². The van der Waals surface area contributed by atoms with E-state index in [9.17, 15) is 4.79 Å². The van der Waals surface area contributed by atoms with Crippen LogP contribution in [0.25, 0.3) is 0 Å². The third kappa shape index (κ3) is 4.26. The average Bonchev–Trinajstić information content (AvgIpc) is 2.70. The van der Waals surface area contributed by atoms with Gasteiger partial charge in [-0.2, -0.15) is 0 Å².